The summed E-state index contributed by atoms with van der Waals surface area (Å²) in [6, 6.07) is 31.9. The lowest BCUT2D eigenvalue weighted by molar-refractivity contribution is -0.122. The first-order valence-electron chi connectivity index (χ1n) is 12.9. The molecule has 0 aromatic heterocycles. The van der Waals surface area contributed by atoms with Gasteiger partial charge in [0, 0.05) is 11.0 Å². The topological polar surface area (TPSA) is 51.1 Å². The second-order valence-electron chi connectivity index (χ2n) is 9.36. The van der Waals surface area contributed by atoms with Gasteiger partial charge < -0.3 is 9.47 Å². The van der Waals surface area contributed by atoms with Gasteiger partial charge in [-0.05, 0) is 84.3 Å². The number of hydrogen-bond donors (Lipinski definition) is 0. The van der Waals surface area contributed by atoms with Crippen molar-refractivity contribution in [1.82, 2.24) is 4.90 Å². The zero-order valence-corrected chi connectivity index (χ0v) is 24.7. The zero-order valence-electron chi connectivity index (χ0n) is 22.3. The second-order valence-corrected chi connectivity index (χ2v) is 11.3. The van der Waals surface area contributed by atoms with E-state index in [1.807, 2.05) is 97.9 Å². The quantitative estimate of drug-likeness (QED) is 0.179. The Morgan fingerprint density at radius 2 is 1.65 bits per heavy atom. The Balaban J connectivity index is 1.37. The number of carbonyl (C=O) groups is 1. The summed E-state index contributed by atoms with van der Waals surface area (Å²) < 4.78 is 12.7. The van der Waals surface area contributed by atoms with Crippen LogP contribution < -0.4 is 9.47 Å². The number of aryl methyl sites for hydroxylation is 1. The summed E-state index contributed by atoms with van der Waals surface area (Å²) in [6.07, 6.45) is 2.63. The van der Waals surface area contributed by atoms with Gasteiger partial charge in [0.1, 0.15) is 6.61 Å². The molecule has 1 heterocycles. The highest BCUT2D eigenvalue weighted by atomic mass is 79.9. The van der Waals surface area contributed by atoms with Crippen LogP contribution >= 0.6 is 27.7 Å². The van der Waals surface area contributed by atoms with Crippen LogP contribution in [0.5, 0.6) is 11.5 Å². The molecule has 1 aliphatic heterocycles. The summed E-state index contributed by atoms with van der Waals surface area (Å²) in [7, 11) is 1.62. The lowest BCUT2D eigenvalue weighted by atomic mass is 10.1. The van der Waals surface area contributed by atoms with Crippen LogP contribution in [-0.2, 0) is 17.8 Å². The Bertz CT molecular complexity index is 1530. The van der Waals surface area contributed by atoms with Crippen molar-refractivity contribution >= 4 is 50.5 Å². The zero-order chi connectivity index (χ0) is 27.9. The normalized spacial score (nSPS) is 15.2. The SMILES string of the molecule is COc1cc(/C=C2/SC(=Nc3ccc(C)cc3)N(CCc3ccccc3)C2=O)ccc1OCc1ccc(Br)cc1. The van der Waals surface area contributed by atoms with Crippen molar-refractivity contribution in [3.05, 3.63) is 129 Å². The maximum atomic E-state index is 13.6. The van der Waals surface area contributed by atoms with Crippen molar-refractivity contribution < 1.29 is 14.3 Å². The minimum absolute atomic E-state index is 0.0543. The Morgan fingerprint density at radius 3 is 2.38 bits per heavy atom. The first-order valence-corrected chi connectivity index (χ1v) is 14.6. The van der Waals surface area contributed by atoms with E-state index >= 15 is 0 Å². The van der Waals surface area contributed by atoms with Crippen LogP contribution in [0.4, 0.5) is 5.69 Å². The molecule has 1 fully saturated rings. The number of carbonyl (C=O) groups excluding carboxylic acids is 1. The van der Waals surface area contributed by atoms with Gasteiger partial charge in [-0.15, -0.1) is 0 Å². The molecule has 0 spiro atoms. The fourth-order valence-electron chi connectivity index (χ4n) is 4.19. The summed E-state index contributed by atoms with van der Waals surface area (Å²) in [5, 5.41) is 0.678. The molecule has 0 N–H and O–H groups in total. The van der Waals surface area contributed by atoms with Gasteiger partial charge in [0.15, 0.2) is 16.7 Å². The van der Waals surface area contributed by atoms with E-state index in [-0.39, 0.29) is 5.91 Å². The van der Waals surface area contributed by atoms with Crippen LogP contribution in [0.3, 0.4) is 0 Å². The highest BCUT2D eigenvalue weighted by Gasteiger charge is 2.33. The number of hydrogen-bond acceptors (Lipinski definition) is 5. The molecule has 1 aliphatic rings. The average molecular weight is 614 g/mol. The van der Waals surface area contributed by atoms with Crippen molar-refractivity contribution in [2.24, 2.45) is 4.99 Å². The summed E-state index contributed by atoms with van der Waals surface area (Å²) in [6.45, 7) is 3.01. The summed E-state index contributed by atoms with van der Waals surface area (Å²) >= 11 is 4.85. The van der Waals surface area contributed by atoms with Crippen molar-refractivity contribution in [1.29, 1.82) is 0 Å². The molecule has 202 valence electrons. The number of benzene rings is 4. The van der Waals surface area contributed by atoms with Gasteiger partial charge in [-0.2, -0.15) is 0 Å². The lowest BCUT2D eigenvalue weighted by Gasteiger charge is -2.15. The third kappa shape index (κ3) is 7.03. The minimum atomic E-state index is -0.0543. The van der Waals surface area contributed by atoms with Crippen molar-refractivity contribution in [3.8, 4) is 11.5 Å². The first-order chi connectivity index (χ1) is 19.5. The fourth-order valence-corrected chi connectivity index (χ4v) is 5.48. The summed E-state index contributed by atoms with van der Waals surface area (Å²) in [4.78, 5) is 20.8. The number of halogens is 1. The highest BCUT2D eigenvalue weighted by Crippen LogP contribution is 2.36. The van der Waals surface area contributed by atoms with E-state index in [2.05, 4.69) is 28.1 Å². The molecule has 0 aliphatic carbocycles. The van der Waals surface area contributed by atoms with Crippen LogP contribution in [0.25, 0.3) is 6.08 Å². The third-order valence-electron chi connectivity index (χ3n) is 6.41. The number of nitrogens with zero attached hydrogens (tertiary/aromatic N) is 2. The molecule has 5 nitrogen and oxygen atoms in total. The molecule has 0 bridgehead atoms. The van der Waals surface area contributed by atoms with Crippen LogP contribution in [0.1, 0.15) is 22.3 Å². The average Bonchev–Trinajstić information content (AvgIpc) is 3.26. The third-order valence-corrected chi connectivity index (χ3v) is 7.94. The van der Waals surface area contributed by atoms with Gasteiger partial charge in [-0.1, -0.05) is 82.2 Å². The van der Waals surface area contributed by atoms with Gasteiger partial charge in [0.05, 0.1) is 17.7 Å². The van der Waals surface area contributed by atoms with Crippen molar-refractivity contribution in [2.75, 3.05) is 13.7 Å². The molecular formula is C33H29BrN2O3S. The predicted molar refractivity (Wildman–Crippen MR) is 167 cm³/mol. The number of aliphatic imine (C=N–C) groups is 1. The number of ether oxygens (including phenoxy) is 2. The Labute approximate surface area is 247 Å². The minimum Gasteiger partial charge on any atom is -0.493 e. The van der Waals surface area contributed by atoms with E-state index in [1.54, 1.807) is 12.0 Å². The molecule has 7 heteroatoms. The molecule has 4 aromatic rings. The molecule has 0 unspecified atom stereocenters. The van der Waals surface area contributed by atoms with E-state index < -0.39 is 0 Å². The van der Waals surface area contributed by atoms with Crippen LogP contribution in [-0.4, -0.2) is 29.6 Å². The molecule has 0 saturated carbocycles. The molecule has 0 radical (unpaired) electrons. The van der Waals surface area contributed by atoms with Gasteiger partial charge in [-0.3, -0.25) is 9.69 Å². The van der Waals surface area contributed by atoms with Crippen LogP contribution in [0.15, 0.2) is 111 Å². The number of amidine groups is 1. The number of methoxy groups -OCH3 is 1. The maximum absolute atomic E-state index is 13.6. The van der Waals surface area contributed by atoms with E-state index in [9.17, 15) is 4.79 Å². The number of thioether (sulfide) groups is 1. The monoisotopic (exact) mass is 612 g/mol. The molecule has 1 amide bonds. The first kappa shape index (κ1) is 27.7. The van der Waals surface area contributed by atoms with E-state index in [0.29, 0.717) is 34.7 Å². The largest absolute Gasteiger partial charge is 0.493 e. The van der Waals surface area contributed by atoms with Crippen molar-refractivity contribution in [2.45, 2.75) is 20.0 Å². The molecular weight excluding hydrogens is 584 g/mol. The lowest BCUT2D eigenvalue weighted by Crippen LogP contribution is -2.31. The maximum Gasteiger partial charge on any atom is 0.266 e. The van der Waals surface area contributed by atoms with Gasteiger partial charge >= 0.3 is 0 Å². The van der Waals surface area contributed by atoms with E-state index in [4.69, 9.17) is 14.5 Å². The van der Waals surface area contributed by atoms with E-state index in [1.165, 1.54) is 22.9 Å². The van der Waals surface area contributed by atoms with Gasteiger partial charge in [-0.25, -0.2) is 4.99 Å². The smallest absolute Gasteiger partial charge is 0.266 e. The summed E-state index contributed by atoms with van der Waals surface area (Å²) in [5.41, 5.74) is 5.07. The van der Waals surface area contributed by atoms with Crippen LogP contribution in [0, 0.1) is 6.92 Å². The molecule has 0 atom stereocenters. The second kappa shape index (κ2) is 13.0. The van der Waals surface area contributed by atoms with Gasteiger partial charge in [0.25, 0.3) is 5.91 Å². The van der Waals surface area contributed by atoms with Crippen LogP contribution in [0.2, 0.25) is 0 Å². The Morgan fingerprint density at radius 1 is 0.900 bits per heavy atom. The standard InChI is InChI=1S/C33H29BrN2O3S/c1-23-8-15-28(16-9-23)35-33-36(19-18-24-6-4-3-5-7-24)32(37)31(40-33)21-26-12-17-29(30(20-26)38-2)39-22-25-10-13-27(34)14-11-25/h3-17,20-21H,18-19,22H2,1-2H3/b31-21+,35-33?. The fraction of sp³-hybridized carbons (Fsp3) is 0.152. The summed E-state index contributed by atoms with van der Waals surface area (Å²) in [5.74, 6) is 1.20. The van der Waals surface area contributed by atoms with Crippen molar-refractivity contribution in [3.63, 3.8) is 0 Å². The highest BCUT2D eigenvalue weighted by molar-refractivity contribution is 9.10. The number of amides is 1. The Kier molecular flexibility index (Phi) is 9.04. The predicted octanol–water partition coefficient (Wildman–Crippen LogP) is 8.19. The molecule has 40 heavy (non-hydrogen) atoms. The Hall–Kier alpha value is -3.81. The van der Waals surface area contributed by atoms with E-state index in [0.717, 1.165) is 27.7 Å². The number of rotatable bonds is 9. The molecule has 1 saturated heterocycles. The molecule has 5 rings (SSSR count). The molecule has 4 aromatic carbocycles. The van der Waals surface area contributed by atoms with Gasteiger partial charge in [0.2, 0.25) is 0 Å².